The second kappa shape index (κ2) is 4.07. The molecular formula is C10H7ClN2O. The molecule has 70 valence electrons. The van der Waals surface area contributed by atoms with Gasteiger partial charge in [0.2, 0.25) is 0 Å². The van der Waals surface area contributed by atoms with E-state index >= 15 is 0 Å². The SMILES string of the molecule is Clc1ccc(Oc2cncnc2)cc1. The van der Waals surface area contributed by atoms with Gasteiger partial charge in [0.25, 0.3) is 0 Å². The zero-order valence-corrected chi connectivity index (χ0v) is 7.98. The monoisotopic (exact) mass is 206 g/mol. The van der Waals surface area contributed by atoms with Gasteiger partial charge in [0, 0.05) is 5.02 Å². The average Bonchev–Trinajstić information content (AvgIpc) is 2.23. The van der Waals surface area contributed by atoms with Crippen molar-refractivity contribution in [1.82, 2.24) is 9.97 Å². The molecule has 14 heavy (non-hydrogen) atoms. The largest absolute Gasteiger partial charge is 0.454 e. The number of aromatic nitrogens is 2. The molecule has 4 heteroatoms. The van der Waals surface area contributed by atoms with Crippen molar-refractivity contribution in [2.45, 2.75) is 0 Å². The van der Waals surface area contributed by atoms with E-state index in [1.807, 2.05) is 0 Å². The fourth-order valence-electron chi connectivity index (χ4n) is 0.977. The van der Waals surface area contributed by atoms with Crippen molar-refractivity contribution in [2.24, 2.45) is 0 Å². The molecule has 1 aromatic carbocycles. The maximum absolute atomic E-state index is 5.73. The minimum Gasteiger partial charge on any atom is -0.454 e. The Hall–Kier alpha value is -1.61. The first kappa shape index (κ1) is 8.97. The van der Waals surface area contributed by atoms with Crippen molar-refractivity contribution < 1.29 is 4.74 Å². The number of nitrogens with zero attached hydrogens (tertiary/aromatic N) is 2. The Morgan fingerprint density at radius 3 is 2.21 bits per heavy atom. The molecule has 0 fully saturated rings. The summed E-state index contributed by atoms with van der Waals surface area (Å²) in [6.45, 7) is 0. The third kappa shape index (κ3) is 2.20. The van der Waals surface area contributed by atoms with E-state index in [-0.39, 0.29) is 0 Å². The second-order valence-corrected chi connectivity index (χ2v) is 3.07. The molecule has 0 N–H and O–H groups in total. The number of hydrogen-bond acceptors (Lipinski definition) is 3. The van der Waals surface area contributed by atoms with Gasteiger partial charge >= 0.3 is 0 Å². The van der Waals surface area contributed by atoms with Gasteiger partial charge in [-0.2, -0.15) is 0 Å². The van der Waals surface area contributed by atoms with Crippen LogP contribution in [0.2, 0.25) is 5.02 Å². The summed E-state index contributed by atoms with van der Waals surface area (Å²) in [4.78, 5) is 7.67. The van der Waals surface area contributed by atoms with E-state index in [4.69, 9.17) is 16.3 Å². The maximum atomic E-state index is 5.73. The van der Waals surface area contributed by atoms with Crippen LogP contribution in [0.5, 0.6) is 11.5 Å². The van der Waals surface area contributed by atoms with Crippen LogP contribution in [0.1, 0.15) is 0 Å². The summed E-state index contributed by atoms with van der Waals surface area (Å²) in [5.74, 6) is 1.32. The summed E-state index contributed by atoms with van der Waals surface area (Å²) >= 11 is 5.73. The Bertz CT molecular complexity index is 402. The molecule has 0 atom stereocenters. The van der Waals surface area contributed by atoms with Crippen LogP contribution >= 0.6 is 11.6 Å². The van der Waals surface area contributed by atoms with Crippen molar-refractivity contribution >= 4 is 11.6 Å². The van der Waals surface area contributed by atoms with Gasteiger partial charge in [-0.05, 0) is 24.3 Å². The number of hydrogen-bond donors (Lipinski definition) is 0. The Kier molecular flexibility index (Phi) is 2.60. The molecule has 0 saturated heterocycles. The number of ether oxygens (including phenoxy) is 1. The minimum atomic E-state index is 0.606. The van der Waals surface area contributed by atoms with Crippen LogP contribution in [0.4, 0.5) is 0 Å². The predicted molar refractivity (Wildman–Crippen MR) is 53.6 cm³/mol. The highest BCUT2D eigenvalue weighted by atomic mass is 35.5. The molecule has 0 amide bonds. The fraction of sp³-hybridized carbons (Fsp3) is 0. The molecule has 0 bridgehead atoms. The van der Waals surface area contributed by atoms with Crippen LogP contribution in [-0.2, 0) is 0 Å². The lowest BCUT2D eigenvalue weighted by atomic mass is 10.3. The van der Waals surface area contributed by atoms with Crippen molar-refractivity contribution in [3.63, 3.8) is 0 Å². The van der Waals surface area contributed by atoms with Gasteiger partial charge in [-0.3, -0.25) is 0 Å². The molecule has 0 unspecified atom stereocenters. The van der Waals surface area contributed by atoms with E-state index < -0.39 is 0 Å². The molecule has 0 aliphatic heterocycles. The van der Waals surface area contributed by atoms with Gasteiger partial charge in [-0.15, -0.1) is 0 Å². The molecule has 1 heterocycles. The third-order valence-electron chi connectivity index (χ3n) is 1.59. The average molecular weight is 207 g/mol. The van der Waals surface area contributed by atoms with Crippen LogP contribution in [0.15, 0.2) is 43.0 Å². The molecule has 1 aromatic heterocycles. The van der Waals surface area contributed by atoms with Crippen LogP contribution in [0.25, 0.3) is 0 Å². The summed E-state index contributed by atoms with van der Waals surface area (Å²) in [6, 6.07) is 7.10. The van der Waals surface area contributed by atoms with Gasteiger partial charge in [-0.25, -0.2) is 9.97 Å². The van der Waals surface area contributed by atoms with Crippen LogP contribution in [0, 0.1) is 0 Å². The Morgan fingerprint density at radius 1 is 0.929 bits per heavy atom. The standard InChI is InChI=1S/C10H7ClN2O/c11-8-1-3-9(4-2-8)14-10-5-12-7-13-6-10/h1-7H. The molecule has 3 nitrogen and oxygen atoms in total. The fourth-order valence-corrected chi connectivity index (χ4v) is 1.10. The van der Waals surface area contributed by atoms with Gasteiger partial charge < -0.3 is 4.74 Å². The van der Waals surface area contributed by atoms with Gasteiger partial charge in [0.1, 0.15) is 12.1 Å². The molecule has 0 aliphatic rings. The van der Waals surface area contributed by atoms with Crippen molar-refractivity contribution in [3.8, 4) is 11.5 Å². The van der Waals surface area contributed by atoms with Crippen LogP contribution < -0.4 is 4.74 Å². The number of halogens is 1. The van der Waals surface area contributed by atoms with E-state index in [9.17, 15) is 0 Å². The number of rotatable bonds is 2. The molecule has 0 saturated carbocycles. The predicted octanol–water partition coefficient (Wildman–Crippen LogP) is 2.92. The van der Waals surface area contributed by atoms with Crippen LogP contribution in [-0.4, -0.2) is 9.97 Å². The lowest BCUT2D eigenvalue weighted by Crippen LogP contribution is -1.85. The zero-order chi connectivity index (χ0) is 9.80. The summed E-state index contributed by atoms with van der Waals surface area (Å²) in [7, 11) is 0. The summed E-state index contributed by atoms with van der Waals surface area (Å²) < 4.78 is 5.45. The summed E-state index contributed by atoms with van der Waals surface area (Å²) in [6.07, 6.45) is 4.65. The molecule has 2 aromatic rings. The number of benzene rings is 1. The first-order valence-electron chi connectivity index (χ1n) is 4.03. The highest BCUT2D eigenvalue weighted by molar-refractivity contribution is 6.30. The second-order valence-electron chi connectivity index (χ2n) is 2.63. The summed E-state index contributed by atoms with van der Waals surface area (Å²) in [5, 5.41) is 0.682. The first-order chi connectivity index (χ1) is 6.84. The van der Waals surface area contributed by atoms with E-state index in [2.05, 4.69) is 9.97 Å². The quantitative estimate of drug-likeness (QED) is 0.758. The van der Waals surface area contributed by atoms with Gasteiger partial charge in [0.05, 0.1) is 12.4 Å². The smallest absolute Gasteiger partial charge is 0.163 e. The summed E-state index contributed by atoms with van der Waals surface area (Å²) in [5.41, 5.74) is 0. The Labute approximate surface area is 86.3 Å². The normalized spacial score (nSPS) is 9.79. The van der Waals surface area contributed by atoms with E-state index in [1.165, 1.54) is 6.33 Å². The molecule has 0 radical (unpaired) electrons. The molecular weight excluding hydrogens is 200 g/mol. The highest BCUT2D eigenvalue weighted by Crippen LogP contribution is 2.21. The topological polar surface area (TPSA) is 35.0 Å². The van der Waals surface area contributed by atoms with E-state index in [0.29, 0.717) is 16.5 Å². The molecule has 0 aliphatic carbocycles. The highest BCUT2D eigenvalue weighted by Gasteiger charge is 1.96. The van der Waals surface area contributed by atoms with Crippen molar-refractivity contribution in [1.29, 1.82) is 0 Å². The Balaban J connectivity index is 2.16. The first-order valence-corrected chi connectivity index (χ1v) is 4.41. The third-order valence-corrected chi connectivity index (χ3v) is 1.84. The molecule has 2 rings (SSSR count). The Morgan fingerprint density at radius 2 is 1.57 bits per heavy atom. The minimum absolute atomic E-state index is 0.606. The van der Waals surface area contributed by atoms with Crippen molar-refractivity contribution in [2.75, 3.05) is 0 Å². The zero-order valence-electron chi connectivity index (χ0n) is 7.22. The maximum Gasteiger partial charge on any atom is 0.163 e. The van der Waals surface area contributed by atoms with Gasteiger partial charge in [0.15, 0.2) is 5.75 Å². The van der Waals surface area contributed by atoms with E-state index in [1.54, 1.807) is 36.7 Å². The molecule has 0 spiro atoms. The van der Waals surface area contributed by atoms with Crippen LogP contribution in [0.3, 0.4) is 0 Å². The van der Waals surface area contributed by atoms with E-state index in [0.717, 1.165) is 0 Å². The van der Waals surface area contributed by atoms with Gasteiger partial charge in [-0.1, -0.05) is 11.6 Å². The van der Waals surface area contributed by atoms with Crippen molar-refractivity contribution in [3.05, 3.63) is 48.0 Å². The lowest BCUT2D eigenvalue weighted by Gasteiger charge is -2.03. The lowest BCUT2D eigenvalue weighted by molar-refractivity contribution is 0.477.